The first-order valence-electron chi connectivity index (χ1n) is 5.66. The molecule has 1 unspecified atom stereocenters. The van der Waals surface area contributed by atoms with Crippen LogP contribution in [-0.4, -0.2) is 42.2 Å². The summed E-state index contributed by atoms with van der Waals surface area (Å²) in [5, 5.41) is 2.66. The van der Waals surface area contributed by atoms with E-state index in [9.17, 15) is 9.00 Å². The summed E-state index contributed by atoms with van der Waals surface area (Å²) in [6.07, 6.45) is 0. The van der Waals surface area contributed by atoms with Crippen LogP contribution in [0.25, 0.3) is 0 Å². The molecule has 0 bridgehead atoms. The molecule has 0 heterocycles. The number of amides is 1. The second-order valence-electron chi connectivity index (χ2n) is 4.17. The first-order chi connectivity index (χ1) is 8.49. The number of hydrogen-bond acceptors (Lipinski definition) is 3. The van der Waals surface area contributed by atoms with Crippen molar-refractivity contribution in [2.75, 3.05) is 32.5 Å². The van der Waals surface area contributed by atoms with Gasteiger partial charge in [-0.3, -0.25) is 4.79 Å². The Morgan fingerprint density at radius 3 is 2.39 bits per heavy atom. The van der Waals surface area contributed by atoms with E-state index >= 15 is 0 Å². The lowest BCUT2D eigenvalue weighted by Gasteiger charge is -2.10. The molecule has 0 spiro atoms. The van der Waals surface area contributed by atoms with Crippen LogP contribution in [0.15, 0.2) is 29.2 Å². The zero-order valence-corrected chi connectivity index (χ0v) is 11.7. The minimum Gasteiger partial charge on any atom is -0.326 e. The highest BCUT2D eigenvalue weighted by atomic mass is 32.2. The zero-order valence-electron chi connectivity index (χ0n) is 10.9. The second kappa shape index (κ2) is 7.25. The van der Waals surface area contributed by atoms with Gasteiger partial charge in [-0.05, 0) is 38.4 Å². The second-order valence-corrected chi connectivity index (χ2v) is 5.47. The SMILES string of the molecule is CC(=O)Nc1ccc(S(=O)NCCN(C)C)cc1. The molecule has 0 fully saturated rings. The molecule has 0 aliphatic carbocycles. The fourth-order valence-corrected chi connectivity index (χ4v) is 2.14. The van der Waals surface area contributed by atoms with Gasteiger partial charge < -0.3 is 10.2 Å². The molecule has 1 amide bonds. The van der Waals surface area contributed by atoms with Crippen LogP contribution in [-0.2, 0) is 15.8 Å². The average molecular weight is 269 g/mol. The Kier molecular flexibility index (Phi) is 5.97. The highest BCUT2D eigenvalue weighted by Gasteiger charge is 2.03. The Bertz CT molecular complexity index is 418. The van der Waals surface area contributed by atoms with E-state index in [2.05, 4.69) is 10.0 Å². The van der Waals surface area contributed by atoms with Crippen LogP contribution >= 0.6 is 0 Å². The van der Waals surface area contributed by atoms with E-state index in [4.69, 9.17) is 0 Å². The lowest BCUT2D eigenvalue weighted by molar-refractivity contribution is -0.114. The van der Waals surface area contributed by atoms with Crippen molar-refractivity contribution in [1.82, 2.24) is 9.62 Å². The van der Waals surface area contributed by atoms with Crippen molar-refractivity contribution in [3.63, 3.8) is 0 Å². The number of benzene rings is 1. The number of nitrogens with zero attached hydrogens (tertiary/aromatic N) is 1. The van der Waals surface area contributed by atoms with Crippen LogP contribution in [0, 0.1) is 0 Å². The molecule has 6 heteroatoms. The average Bonchev–Trinajstić information content (AvgIpc) is 2.28. The minimum absolute atomic E-state index is 0.118. The Morgan fingerprint density at radius 2 is 1.89 bits per heavy atom. The summed E-state index contributed by atoms with van der Waals surface area (Å²) in [4.78, 5) is 13.6. The van der Waals surface area contributed by atoms with Crippen molar-refractivity contribution in [2.24, 2.45) is 0 Å². The molecule has 18 heavy (non-hydrogen) atoms. The topological polar surface area (TPSA) is 61.4 Å². The molecule has 100 valence electrons. The number of likely N-dealkylation sites (N-methyl/N-ethyl adjacent to an activating group) is 1. The first-order valence-corrected chi connectivity index (χ1v) is 6.81. The van der Waals surface area contributed by atoms with Gasteiger partial charge in [-0.1, -0.05) is 0 Å². The molecule has 0 saturated carbocycles. The summed E-state index contributed by atoms with van der Waals surface area (Å²) in [6, 6.07) is 6.96. The number of rotatable bonds is 6. The predicted octanol–water partition coefficient (Wildman–Crippen LogP) is 0.819. The minimum atomic E-state index is -1.21. The van der Waals surface area contributed by atoms with E-state index < -0.39 is 11.0 Å². The van der Waals surface area contributed by atoms with Gasteiger partial charge in [0.1, 0.15) is 11.0 Å². The largest absolute Gasteiger partial charge is 0.326 e. The number of carbonyl (C=O) groups excluding carboxylic acids is 1. The monoisotopic (exact) mass is 269 g/mol. The van der Waals surface area contributed by atoms with Gasteiger partial charge in [0.25, 0.3) is 0 Å². The molecule has 5 nitrogen and oxygen atoms in total. The van der Waals surface area contributed by atoms with Crippen LogP contribution in [0.4, 0.5) is 5.69 Å². The number of anilines is 1. The summed E-state index contributed by atoms with van der Waals surface area (Å²) in [6.45, 7) is 2.94. The van der Waals surface area contributed by atoms with Crippen molar-refractivity contribution in [2.45, 2.75) is 11.8 Å². The molecule has 2 N–H and O–H groups in total. The molecule has 1 atom stereocenters. The summed E-state index contributed by atoms with van der Waals surface area (Å²) in [7, 11) is 2.72. The summed E-state index contributed by atoms with van der Waals surface area (Å²) in [5.41, 5.74) is 0.705. The molecule has 0 radical (unpaired) electrons. The Balaban J connectivity index is 2.51. The normalized spacial score (nSPS) is 12.4. The Hall–Kier alpha value is -1.24. The maximum absolute atomic E-state index is 11.9. The van der Waals surface area contributed by atoms with Gasteiger partial charge in [0.05, 0.1) is 4.90 Å². The van der Waals surface area contributed by atoms with E-state index in [0.717, 1.165) is 6.54 Å². The van der Waals surface area contributed by atoms with Gasteiger partial charge in [0.2, 0.25) is 5.91 Å². The van der Waals surface area contributed by atoms with Crippen LogP contribution in [0.3, 0.4) is 0 Å². The van der Waals surface area contributed by atoms with E-state index in [-0.39, 0.29) is 5.91 Å². The number of nitrogens with one attached hydrogen (secondary N) is 2. The summed E-state index contributed by atoms with van der Waals surface area (Å²) in [5.74, 6) is -0.118. The fourth-order valence-electron chi connectivity index (χ4n) is 1.31. The maximum Gasteiger partial charge on any atom is 0.221 e. The molecular formula is C12H19N3O2S. The molecule has 0 aliphatic heterocycles. The van der Waals surface area contributed by atoms with Gasteiger partial charge in [-0.15, -0.1) is 0 Å². The smallest absolute Gasteiger partial charge is 0.221 e. The zero-order chi connectivity index (χ0) is 13.5. The van der Waals surface area contributed by atoms with Crippen LogP contribution in [0.5, 0.6) is 0 Å². The third kappa shape index (κ3) is 5.39. The standard InChI is InChI=1S/C12H19N3O2S/c1-10(16)14-11-4-6-12(7-5-11)18(17)13-8-9-15(2)3/h4-7,13H,8-9H2,1-3H3,(H,14,16). The van der Waals surface area contributed by atoms with Gasteiger partial charge >= 0.3 is 0 Å². The number of hydrogen-bond donors (Lipinski definition) is 2. The van der Waals surface area contributed by atoms with E-state index in [1.165, 1.54) is 6.92 Å². The number of carbonyl (C=O) groups is 1. The van der Waals surface area contributed by atoms with Gasteiger partial charge in [-0.2, -0.15) is 0 Å². The van der Waals surface area contributed by atoms with Gasteiger partial charge in [0.15, 0.2) is 0 Å². The molecule has 1 aromatic carbocycles. The lowest BCUT2D eigenvalue weighted by Crippen LogP contribution is -2.27. The highest BCUT2D eigenvalue weighted by molar-refractivity contribution is 7.83. The van der Waals surface area contributed by atoms with Crippen molar-refractivity contribution >= 4 is 22.6 Å². The molecule has 0 aliphatic rings. The van der Waals surface area contributed by atoms with Gasteiger partial charge in [-0.25, -0.2) is 8.93 Å². The van der Waals surface area contributed by atoms with Crippen molar-refractivity contribution in [3.8, 4) is 0 Å². The van der Waals surface area contributed by atoms with Crippen molar-refractivity contribution < 1.29 is 9.00 Å². The predicted molar refractivity (Wildman–Crippen MR) is 73.7 cm³/mol. The molecule has 1 aromatic rings. The van der Waals surface area contributed by atoms with E-state index in [1.54, 1.807) is 24.3 Å². The van der Waals surface area contributed by atoms with Crippen LogP contribution in [0.2, 0.25) is 0 Å². The van der Waals surface area contributed by atoms with Crippen LogP contribution in [0.1, 0.15) is 6.92 Å². The van der Waals surface area contributed by atoms with Gasteiger partial charge in [0, 0.05) is 25.7 Å². The highest BCUT2D eigenvalue weighted by Crippen LogP contribution is 2.11. The maximum atomic E-state index is 11.9. The summed E-state index contributed by atoms with van der Waals surface area (Å²) < 4.78 is 14.8. The quantitative estimate of drug-likeness (QED) is 0.804. The molecule has 0 aromatic heterocycles. The van der Waals surface area contributed by atoms with Crippen molar-refractivity contribution in [1.29, 1.82) is 0 Å². The molecule has 0 saturated heterocycles. The third-order valence-electron chi connectivity index (χ3n) is 2.18. The van der Waals surface area contributed by atoms with E-state index in [1.807, 2.05) is 19.0 Å². The molecular weight excluding hydrogens is 250 g/mol. The Morgan fingerprint density at radius 1 is 1.28 bits per heavy atom. The fraction of sp³-hybridized carbons (Fsp3) is 0.417. The lowest BCUT2D eigenvalue weighted by atomic mass is 10.3. The third-order valence-corrected chi connectivity index (χ3v) is 3.35. The van der Waals surface area contributed by atoms with Crippen molar-refractivity contribution in [3.05, 3.63) is 24.3 Å². The molecule has 1 rings (SSSR count). The summed E-state index contributed by atoms with van der Waals surface area (Å²) >= 11 is 0. The van der Waals surface area contributed by atoms with Crippen LogP contribution < -0.4 is 10.0 Å². The first kappa shape index (κ1) is 14.8. The van der Waals surface area contributed by atoms with E-state index in [0.29, 0.717) is 17.1 Å². The Labute approximate surface area is 110 Å².